The molecule has 1 N–H and O–H groups in total. The quantitative estimate of drug-likeness (QED) is 0.250. The summed E-state index contributed by atoms with van der Waals surface area (Å²) in [6.45, 7) is 19.3. The van der Waals surface area contributed by atoms with Gasteiger partial charge >= 0.3 is 5.97 Å². The van der Waals surface area contributed by atoms with Crippen LogP contribution < -0.4 is 0 Å². The number of allylic oxidation sites excluding steroid dienone is 6. The lowest BCUT2D eigenvalue weighted by molar-refractivity contribution is -0.199. The molecule has 3 saturated carbocycles. The Bertz CT molecular complexity index is 1780. The van der Waals surface area contributed by atoms with Gasteiger partial charge in [-0.05, 0) is 171 Å². The van der Waals surface area contributed by atoms with E-state index in [1.807, 2.05) is 0 Å². The number of nitrogens with zero attached hydrogens (tertiary/aromatic N) is 1. The van der Waals surface area contributed by atoms with Gasteiger partial charge in [0.2, 0.25) is 0 Å². The predicted octanol–water partition coefficient (Wildman–Crippen LogP) is 9.17. The van der Waals surface area contributed by atoms with Gasteiger partial charge in [-0.2, -0.15) is 0 Å². The minimum absolute atomic E-state index is 0.00357. The van der Waals surface area contributed by atoms with E-state index in [9.17, 15) is 27.9 Å². The SMILES string of the molecule is CC(C)C1=C2[C@H]3CC[C@@H]4[C@@]5(C)CC=C(C6=CCC(C(=O)O)CC6)C(C)(C)[C@@H]5CC[C@@]4(C)[C@]3(C)CC[C@@]2(C(=O)CCCN2CCC(S(C)(=O)=O)CC2)CC1=O. The molecule has 0 amide bonds. The summed E-state index contributed by atoms with van der Waals surface area (Å²) < 4.78 is 24.2. The molecule has 0 radical (unpaired) electrons. The summed E-state index contributed by atoms with van der Waals surface area (Å²) in [5.74, 6) is 0.985. The van der Waals surface area contributed by atoms with E-state index in [1.165, 1.54) is 29.4 Å². The molecular formula is C46H69NO6S. The number of ketones is 2. The van der Waals surface area contributed by atoms with E-state index in [-0.39, 0.29) is 56.2 Å². The van der Waals surface area contributed by atoms with Crippen molar-refractivity contribution in [3.05, 3.63) is 34.4 Å². The second kappa shape index (κ2) is 13.8. The van der Waals surface area contributed by atoms with E-state index in [2.05, 4.69) is 65.5 Å². The highest BCUT2D eigenvalue weighted by Gasteiger charge is 2.70. The molecule has 0 aromatic rings. The second-order valence-electron chi connectivity index (χ2n) is 20.8. The predicted molar refractivity (Wildman–Crippen MR) is 215 cm³/mol. The molecule has 0 bridgehead atoms. The Morgan fingerprint density at radius 1 is 0.907 bits per heavy atom. The van der Waals surface area contributed by atoms with Crippen molar-refractivity contribution in [2.45, 2.75) is 150 Å². The maximum atomic E-state index is 14.7. The average Bonchev–Trinajstić information content (AvgIpc) is 3.41. The first kappa shape index (κ1) is 40.1. The maximum Gasteiger partial charge on any atom is 0.306 e. The second-order valence-corrected chi connectivity index (χ2v) is 23.1. The molecule has 6 aliphatic carbocycles. The van der Waals surface area contributed by atoms with Gasteiger partial charge in [-0.3, -0.25) is 14.4 Å². The van der Waals surface area contributed by atoms with Gasteiger partial charge in [-0.15, -0.1) is 0 Å². The number of carbonyl (C=O) groups excluding carboxylic acids is 2. The van der Waals surface area contributed by atoms with Crippen LogP contribution in [-0.4, -0.2) is 67.1 Å². The number of sulfone groups is 1. The van der Waals surface area contributed by atoms with Crippen LogP contribution in [0, 0.1) is 56.7 Å². The molecule has 1 heterocycles. The van der Waals surface area contributed by atoms with Crippen LogP contribution in [0.15, 0.2) is 34.4 Å². The highest BCUT2D eigenvalue weighted by Crippen LogP contribution is 2.77. The Morgan fingerprint density at radius 3 is 2.22 bits per heavy atom. The normalized spacial score (nSPS) is 40.0. The Morgan fingerprint density at radius 2 is 1.61 bits per heavy atom. The first-order chi connectivity index (χ1) is 25.2. The lowest BCUT2D eigenvalue weighted by atomic mass is 9.33. The Balaban J connectivity index is 1.13. The van der Waals surface area contributed by atoms with Crippen LogP contribution in [0.25, 0.3) is 0 Å². The molecule has 1 aliphatic heterocycles. The van der Waals surface area contributed by atoms with Crippen LogP contribution in [0.1, 0.15) is 145 Å². The largest absolute Gasteiger partial charge is 0.481 e. The van der Waals surface area contributed by atoms with Crippen molar-refractivity contribution < 1.29 is 27.9 Å². The zero-order chi connectivity index (χ0) is 39.2. The van der Waals surface area contributed by atoms with Gasteiger partial charge in [-0.25, -0.2) is 8.42 Å². The number of carboxylic acids is 1. The maximum absolute atomic E-state index is 14.7. The lowest BCUT2D eigenvalue weighted by Gasteiger charge is -2.71. The fourth-order valence-corrected chi connectivity index (χ4v) is 15.8. The first-order valence-electron chi connectivity index (χ1n) is 21.6. The number of carbonyl (C=O) groups is 3. The minimum Gasteiger partial charge on any atom is -0.481 e. The summed E-state index contributed by atoms with van der Waals surface area (Å²) in [7, 11) is -3.02. The molecule has 0 spiro atoms. The molecule has 54 heavy (non-hydrogen) atoms. The summed E-state index contributed by atoms with van der Waals surface area (Å²) >= 11 is 0. The molecular weight excluding hydrogens is 695 g/mol. The zero-order valence-electron chi connectivity index (χ0n) is 34.7. The van der Waals surface area contributed by atoms with Crippen LogP contribution in [0.5, 0.6) is 0 Å². The van der Waals surface area contributed by atoms with E-state index in [1.54, 1.807) is 0 Å². The van der Waals surface area contributed by atoms with Gasteiger partial charge < -0.3 is 10.0 Å². The van der Waals surface area contributed by atoms with E-state index >= 15 is 0 Å². The van der Waals surface area contributed by atoms with Crippen molar-refractivity contribution in [1.82, 2.24) is 4.90 Å². The third-order valence-corrected chi connectivity index (χ3v) is 19.3. The van der Waals surface area contributed by atoms with Gasteiger partial charge in [0, 0.05) is 19.1 Å². The number of piperidine rings is 1. The molecule has 7 rings (SSSR count). The summed E-state index contributed by atoms with van der Waals surface area (Å²) in [6, 6.07) is 0. The number of hydrogen-bond donors (Lipinski definition) is 1. The number of aliphatic carboxylic acids is 1. The minimum atomic E-state index is -3.02. The Hall–Kier alpha value is -2.06. The number of carboxylic acid groups (broad SMARTS) is 1. The molecule has 4 fully saturated rings. The van der Waals surface area contributed by atoms with E-state index in [4.69, 9.17) is 0 Å². The first-order valence-corrected chi connectivity index (χ1v) is 23.5. The van der Waals surface area contributed by atoms with Crippen LogP contribution in [-0.2, 0) is 24.2 Å². The lowest BCUT2D eigenvalue weighted by Crippen LogP contribution is -2.64. The Kier molecular flexibility index (Phi) is 10.3. The molecule has 7 aliphatic rings. The number of likely N-dealkylation sites (tertiary alicyclic amines) is 1. The van der Waals surface area contributed by atoms with Crippen LogP contribution in [0.2, 0.25) is 0 Å². The van der Waals surface area contributed by atoms with Crippen molar-refractivity contribution in [1.29, 1.82) is 0 Å². The third-order valence-electron chi connectivity index (χ3n) is 17.7. The monoisotopic (exact) mass is 763 g/mol. The number of fused-ring (bicyclic) bond motifs is 7. The zero-order valence-corrected chi connectivity index (χ0v) is 35.5. The molecule has 1 unspecified atom stereocenters. The highest BCUT2D eigenvalue weighted by atomic mass is 32.2. The van der Waals surface area contributed by atoms with Gasteiger partial charge in [0.05, 0.1) is 16.6 Å². The van der Waals surface area contributed by atoms with Crippen molar-refractivity contribution in [2.75, 3.05) is 25.9 Å². The van der Waals surface area contributed by atoms with Gasteiger partial charge in [0.25, 0.3) is 0 Å². The molecule has 7 nitrogen and oxygen atoms in total. The number of hydrogen-bond acceptors (Lipinski definition) is 6. The van der Waals surface area contributed by atoms with Gasteiger partial charge in [0.15, 0.2) is 5.78 Å². The Labute approximate surface area is 326 Å². The third kappa shape index (κ3) is 6.11. The molecule has 1 saturated heterocycles. The summed E-state index contributed by atoms with van der Waals surface area (Å²) in [5, 5.41) is 9.37. The van der Waals surface area contributed by atoms with E-state index in [0.29, 0.717) is 43.9 Å². The standard InChI is InChI=1S/C46H69NO6S/c1-29(2)39-35(48)28-46(38(49)10-9-25-47-26-19-32(20-27-47)54(8,52)53)24-23-44(6)34(40(39)46)15-16-37-43(5)21-17-33(30-11-13-31(14-12-30)41(50)51)42(3,4)36(43)18-22-45(37,44)7/h11,17,29,31-32,34,36-37H,9-10,12-16,18-28H2,1-8H3,(H,50,51)/t31?,34-,36+,37-,43+,44-,45-,46+/m1/s1. The van der Waals surface area contributed by atoms with Crippen LogP contribution >= 0.6 is 0 Å². The average molecular weight is 764 g/mol. The summed E-state index contributed by atoms with van der Waals surface area (Å²) in [6.07, 6.45) is 18.6. The van der Waals surface area contributed by atoms with Crippen molar-refractivity contribution in [3.8, 4) is 0 Å². The molecule has 300 valence electrons. The summed E-state index contributed by atoms with van der Waals surface area (Å²) in [4.78, 5) is 42.8. The summed E-state index contributed by atoms with van der Waals surface area (Å²) in [5.41, 5.74) is 4.66. The fourth-order valence-electron chi connectivity index (χ4n) is 14.7. The number of Topliss-reactive ketones (excluding diaryl/α,β-unsaturated/α-hetero) is 2. The van der Waals surface area contributed by atoms with Crippen LogP contribution in [0.4, 0.5) is 0 Å². The topological polar surface area (TPSA) is 109 Å². The molecule has 8 heteroatoms. The van der Waals surface area contributed by atoms with Crippen molar-refractivity contribution in [2.24, 2.45) is 56.7 Å². The van der Waals surface area contributed by atoms with Gasteiger partial charge in [-0.1, -0.05) is 60.6 Å². The van der Waals surface area contributed by atoms with Gasteiger partial charge in [0.1, 0.15) is 15.6 Å². The highest BCUT2D eigenvalue weighted by molar-refractivity contribution is 7.91. The smallest absolute Gasteiger partial charge is 0.306 e. The fraction of sp³-hybridized carbons (Fsp3) is 0.804. The van der Waals surface area contributed by atoms with Crippen molar-refractivity contribution in [3.63, 3.8) is 0 Å². The molecule has 8 atom stereocenters. The number of rotatable bonds is 9. The van der Waals surface area contributed by atoms with Crippen LogP contribution in [0.3, 0.4) is 0 Å². The van der Waals surface area contributed by atoms with Crippen molar-refractivity contribution >= 4 is 27.4 Å². The molecule has 0 aromatic heterocycles. The van der Waals surface area contributed by atoms with E-state index < -0.39 is 21.2 Å². The van der Waals surface area contributed by atoms with E-state index in [0.717, 1.165) is 83.0 Å². The molecule has 0 aromatic carbocycles.